The van der Waals surface area contributed by atoms with Crippen LogP contribution in [0.15, 0.2) is 42.1 Å². The Morgan fingerprint density at radius 3 is 2.44 bits per heavy atom. The van der Waals surface area contributed by atoms with Crippen LogP contribution in [0.3, 0.4) is 0 Å². The van der Waals surface area contributed by atoms with Gasteiger partial charge in [0.15, 0.2) is 0 Å². The summed E-state index contributed by atoms with van der Waals surface area (Å²) in [6.07, 6.45) is 2.89. The molecule has 6 nitrogen and oxygen atoms in total. The third-order valence-electron chi connectivity index (χ3n) is 3.30. The van der Waals surface area contributed by atoms with Crippen molar-refractivity contribution >= 4 is 18.3 Å². The number of ether oxygens (including phenoxy) is 2. The van der Waals surface area contributed by atoms with Crippen LogP contribution in [0.5, 0.6) is 0 Å². The second-order valence-electron chi connectivity index (χ2n) is 5.31. The third-order valence-corrected chi connectivity index (χ3v) is 3.30. The van der Waals surface area contributed by atoms with Crippen LogP contribution in [0.1, 0.15) is 38.7 Å². The molecule has 0 aliphatic heterocycles. The van der Waals surface area contributed by atoms with E-state index in [0.717, 1.165) is 18.3 Å². The SMILES string of the molecule is CCC/C(=C\N(CCC=O)C(=O)OCc1ccccc1)C(=O)OCC. The standard InChI is InChI=1S/C19H25NO5/c1-3-9-17(18(22)24-4-2)14-20(12-8-13-21)19(23)25-15-16-10-6-5-7-11-16/h5-7,10-11,13-14H,3-4,8-9,12,15H2,1-2H3/b17-14+. The minimum atomic E-state index is -0.608. The zero-order valence-corrected chi connectivity index (χ0v) is 14.8. The van der Waals surface area contributed by atoms with E-state index < -0.39 is 12.1 Å². The molecule has 6 heteroatoms. The van der Waals surface area contributed by atoms with Crippen molar-refractivity contribution in [3.8, 4) is 0 Å². The summed E-state index contributed by atoms with van der Waals surface area (Å²) in [4.78, 5) is 36.3. The molecule has 1 aromatic rings. The van der Waals surface area contributed by atoms with Gasteiger partial charge in [-0.1, -0.05) is 43.7 Å². The zero-order chi connectivity index (χ0) is 18.5. The maximum atomic E-state index is 12.3. The minimum absolute atomic E-state index is 0.119. The Morgan fingerprint density at radius 1 is 1.12 bits per heavy atom. The van der Waals surface area contributed by atoms with E-state index in [1.54, 1.807) is 6.92 Å². The van der Waals surface area contributed by atoms with E-state index in [-0.39, 0.29) is 26.2 Å². The molecule has 0 saturated carbocycles. The number of esters is 1. The van der Waals surface area contributed by atoms with Crippen LogP contribution in [0, 0.1) is 0 Å². The molecule has 136 valence electrons. The number of carbonyl (C=O) groups is 3. The Labute approximate surface area is 148 Å². The van der Waals surface area contributed by atoms with Gasteiger partial charge in [0.2, 0.25) is 0 Å². The first kappa shape index (κ1) is 20.4. The van der Waals surface area contributed by atoms with Crippen LogP contribution in [-0.4, -0.2) is 36.4 Å². The molecule has 0 atom stereocenters. The Hall–Kier alpha value is -2.63. The van der Waals surface area contributed by atoms with Crippen molar-refractivity contribution in [2.24, 2.45) is 0 Å². The highest BCUT2D eigenvalue weighted by molar-refractivity contribution is 5.89. The van der Waals surface area contributed by atoms with E-state index in [9.17, 15) is 14.4 Å². The average molecular weight is 347 g/mol. The number of benzene rings is 1. The predicted molar refractivity (Wildman–Crippen MR) is 93.6 cm³/mol. The molecule has 0 heterocycles. The lowest BCUT2D eigenvalue weighted by Crippen LogP contribution is -2.29. The first-order valence-electron chi connectivity index (χ1n) is 8.41. The van der Waals surface area contributed by atoms with Crippen LogP contribution >= 0.6 is 0 Å². The third kappa shape index (κ3) is 7.65. The predicted octanol–water partition coefficient (Wildman–Crippen LogP) is 3.46. The van der Waals surface area contributed by atoms with Gasteiger partial charge in [-0.2, -0.15) is 0 Å². The van der Waals surface area contributed by atoms with Gasteiger partial charge >= 0.3 is 12.1 Å². The molecular formula is C19H25NO5. The fraction of sp³-hybridized carbons (Fsp3) is 0.421. The molecule has 0 bridgehead atoms. The van der Waals surface area contributed by atoms with Gasteiger partial charge in [-0.3, -0.25) is 4.90 Å². The van der Waals surface area contributed by atoms with Gasteiger partial charge in [0, 0.05) is 19.2 Å². The van der Waals surface area contributed by atoms with Crippen molar-refractivity contribution in [2.45, 2.75) is 39.7 Å². The number of nitrogens with zero attached hydrogens (tertiary/aromatic N) is 1. The quantitative estimate of drug-likeness (QED) is 0.368. The highest BCUT2D eigenvalue weighted by Crippen LogP contribution is 2.12. The number of rotatable bonds is 10. The topological polar surface area (TPSA) is 72.9 Å². The monoisotopic (exact) mass is 347 g/mol. The molecule has 0 saturated heterocycles. The van der Waals surface area contributed by atoms with Gasteiger partial charge in [0.1, 0.15) is 12.9 Å². The number of hydrogen-bond acceptors (Lipinski definition) is 5. The molecule has 1 aromatic carbocycles. The fourth-order valence-corrected chi connectivity index (χ4v) is 2.10. The highest BCUT2D eigenvalue weighted by Gasteiger charge is 2.17. The van der Waals surface area contributed by atoms with Gasteiger partial charge in [-0.25, -0.2) is 9.59 Å². The highest BCUT2D eigenvalue weighted by atomic mass is 16.6. The van der Waals surface area contributed by atoms with E-state index in [0.29, 0.717) is 12.0 Å². The van der Waals surface area contributed by atoms with Crippen LogP contribution < -0.4 is 0 Å². The molecular weight excluding hydrogens is 322 g/mol. The number of hydrogen-bond donors (Lipinski definition) is 0. The fourth-order valence-electron chi connectivity index (χ4n) is 2.10. The summed E-state index contributed by atoms with van der Waals surface area (Å²) in [5, 5.41) is 0. The molecule has 1 amide bonds. The smallest absolute Gasteiger partial charge is 0.414 e. The lowest BCUT2D eigenvalue weighted by atomic mass is 10.1. The van der Waals surface area contributed by atoms with Crippen molar-refractivity contribution in [3.63, 3.8) is 0 Å². The first-order chi connectivity index (χ1) is 12.1. The molecule has 25 heavy (non-hydrogen) atoms. The number of carbonyl (C=O) groups excluding carboxylic acids is 3. The van der Waals surface area contributed by atoms with Crippen molar-refractivity contribution in [3.05, 3.63) is 47.7 Å². The van der Waals surface area contributed by atoms with Gasteiger partial charge < -0.3 is 14.3 Å². The summed E-state index contributed by atoms with van der Waals surface area (Å²) < 4.78 is 10.3. The molecule has 0 aromatic heterocycles. The minimum Gasteiger partial charge on any atom is -0.463 e. The van der Waals surface area contributed by atoms with Crippen molar-refractivity contribution < 1.29 is 23.9 Å². The maximum Gasteiger partial charge on any atom is 0.414 e. The molecule has 0 fully saturated rings. The number of amides is 1. The van der Waals surface area contributed by atoms with Gasteiger partial charge in [0.25, 0.3) is 0 Å². The Morgan fingerprint density at radius 2 is 1.84 bits per heavy atom. The van der Waals surface area contributed by atoms with E-state index in [2.05, 4.69) is 0 Å². The second-order valence-corrected chi connectivity index (χ2v) is 5.31. The summed E-state index contributed by atoms with van der Waals surface area (Å²) in [5.41, 5.74) is 1.24. The van der Waals surface area contributed by atoms with Crippen LogP contribution in [0.25, 0.3) is 0 Å². The maximum absolute atomic E-state index is 12.3. The van der Waals surface area contributed by atoms with Crippen molar-refractivity contribution in [1.82, 2.24) is 4.90 Å². The molecule has 0 spiro atoms. The summed E-state index contributed by atoms with van der Waals surface area (Å²) in [6, 6.07) is 9.28. The van der Waals surface area contributed by atoms with E-state index in [4.69, 9.17) is 9.47 Å². The molecule has 1 rings (SSSR count). The van der Waals surface area contributed by atoms with Crippen molar-refractivity contribution in [1.29, 1.82) is 0 Å². The number of aldehydes is 1. The zero-order valence-electron chi connectivity index (χ0n) is 14.8. The van der Waals surface area contributed by atoms with E-state index >= 15 is 0 Å². The first-order valence-corrected chi connectivity index (χ1v) is 8.41. The van der Waals surface area contributed by atoms with Gasteiger partial charge in [0.05, 0.1) is 12.2 Å². The molecule has 0 aliphatic rings. The van der Waals surface area contributed by atoms with Gasteiger partial charge in [-0.05, 0) is 18.9 Å². The van der Waals surface area contributed by atoms with Crippen LogP contribution in [0.2, 0.25) is 0 Å². The summed E-state index contributed by atoms with van der Waals surface area (Å²) in [7, 11) is 0. The van der Waals surface area contributed by atoms with E-state index in [1.165, 1.54) is 11.1 Å². The Bertz CT molecular complexity index is 583. The molecule has 0 radical (unpaired) electrons. The van der Waals surface area contributed by atoms with Gasteiger partial charge in [-0.15, -0.1) is 0 Å². The molecule has 0 aliphatic carbocycles. The molecule has 0 N–H and O–H groups in total. The lowest BCUT2D eigenvalue weighted by molar-refractivity contribution is -0.138. The second kappa shape index (κ2) is 11.8. The van der Waals surface area contributed by atoms with Crippen molar-refractivity contribution in [2.75, 3.05) is 13.2 Å². The van der Waals surface area contributed by atoms with Crippen LogP contribution in [-0.2, 0) is 25.7 Å². The Balaban J connectivity index is 2.84. The lowest BCUT2D eigenvalue weighted by Gasteiger charge is -2.19. The summed E-state index contributed by atoms with van der Waals surface area (Å²) >= 11 is 0. The largest absolute Gasteiger partial charge is 0.463 e. The average Bonchev–Trinajstić information content (AvgIpc) is 2.63. The van der Waals surface area contributed by atoms with E-state index in [1.807, 2.05) is 37.3 Å². The molecule has 0 unspecified atom stereocenters. The normalized spacial score (nSPS) is 10.9. The summed E-state index contributed by atoms with van der Waals surface area (Å²) in [6.45, 7) is 4.17. The Kier molecular flexibility index (Phi) is 9.67. The van der Waals surface area contributed by atoms with Crippen LogP contribution in [0.4, 0.5) is 4.79 Å². The summed E-state index contributed by atoms with van der Waals surface area (Å²) in [5.74, 6) is -0.462.